The van der Waals surface area contributed by atoms with Crippen molar-refractivity contribution < 1.29 is 4.79 Å². The molecule has 17 heavy (non-hydrogen) atoms. The first-order chi connectivity index (χ1) is 8.11. The molecular weight excluding hydrogens is 212 g/mol. The Labute approximate surface area is 106 Å². The van der Waals surface area contributed by atoms with E-state index in [-0.39, 0.29) is 17.9 Å². The van der Waals surface area contributed by atoms with Gasteiger partial charge in [0, 0.05) is 18.5 Å². The van der Waals surface area contributed by atoms with Crippen LogP contribution in [0.15, 0.2) is 0 Å². The lowest BCUT2D eigenvalue weighted by molar-refractivity contribution is -0.124. The van der Waals surface area contributed by atoms with E-state index in [0.717, 1.165) is 18.9 Å². The third-order valence-corrected chi connectivity index (χ3v) is 4.02. The molecule has 0 aliphatic heterocycles. The maximum Gasteiger partial charge on any atom is 0.224 e. The number of nitrogens with one attached hydrogen (secondary N) is 1. The fourth-order valence-corrected chi connectivity index (χ4v) is 2.47. The zero-order chi connectivity index (χ0) is 12.7. The summed E-state index contributed by atoms with van der Waals surface area (Å²) in [5, 5.41) is 2.97. The Kier molecular flexibility index (Phi) is 6.56. The summed E-state index contributed by atoms with van der Waals surface area (Å²) in [6.07, 6.45) is 9.40. The molecular formula is C14H28N2O. The third-order valence-electron chi connectivity index (χ3n) is 4.02. The second kappa shape index (κ2) is 7.70. The number of carbonyl (C=O) groups excluding carboxylic acids is 1. The summed E-state index contributed by atoms with van der Waals surface area (Å²) in [5.74, 6) is 0.986. The summed E-state index contributed by atoms with van der Waals surface area (Å²) in [6, 6.07) is -0.0616. The second-order valence-corrected chi connectivity index (χ2v) is 5.59. The number of nitrogens with two attached hydrogens (primary N) is 1. The van der Waals surface area contributed by atoms with Crippen molar-refractivity contribution >= 4 is 5.91 Å². The first kappa shape index (κ1) is 14.5. The average molecular weight is 240 g/mol. The molecule has 1 aliphatic carbocycles. The molecule has 1 rings (SSSR count). The smallest absolute Gasteiger partial charge is 0.224 e. The Morgan fingerprint density at radius 2 is 1.94 bits per heavy atom. The van der Waals surface area contributed by atoms with Crippen molar-refractivity contribution in [2.24, 2.45) is 17.6 Å². The minimum absolute atomic E-state index is 0.0616. The van der Waals surface area contributed by atoms with Gasteiger partial charge in [-0.3, -0.25) is 4.79 Å². The molecule has 0 radical (unpaired) electrons. The Morgan fingerprint density at radius 3 is 2.53 bits per heavy atom. The summed E-state index contributed by atoms with van der Waals surface area (Å²) >= 11 is 0. The molecule has 3 nitrogen and oxygen atoms in total. The zero-order valence-electron chi connectivity index (χ0n) is 11.4. The molecule has 3 N–H and O–H groups in total. The van der Waals surface area contributed by atoms with Gasteiger partial charge < -0.3 is 11.1 Å². The van der Waals surface area contributed by atoms with Crippen LogP contribution < -0.4 is 11.1 Å². The van der Waals surface area contributed by atoms with Crippen LogP contribution in [0.5, 0.6) is 0 Å². The second-order valence-electron chi connectivity index (χ2n) is 5.59. The normalized spacial score (nSPS) is 20.2. The predicted octanol–water partition coefficient (Wildman–Crippen LogP) is 2.45. The third kappa shape index (κ3) is 5.53. The lowest BCUT2D eigenvalue weighted by atomic mass is 10.0. The van der Waals surface area contributed by atoms with Crippen LogP contribution in [0.1, 0.15) is 58.8 Å². The molecule has 0 aromatic rings. The molecule has 0 aromatic carbocycles. The van der Waals surface area contributed by atoms with Crippen LogP contribution in [0.25, 0.3) is 0 Å². The van der Waals surface area contributed by atoms with E-state index in [2.05, 4.69) is 5.32 Å². The first-order valence-electron chi connectivity index (χ1n) is 7.14. The monoisotopic (exact) mass is 240 g/mol. The van der Waals surface area contributed by atoms with Crippen LogP contribution in [0, 0.1) is 11.8 Å². The van der Waals surface area contributed by atoms with E-state index in [1.807, 2.05) is 13.8 Å². The van der Waals surface area contributed by atoms with Crippen molar-refractivity contribution in [3.8, 4) is 0 Å². The Balaban J connectivity index is 1.98. The largest absolute Gasteiger partial charge is 0.356 e. The van der Waals surface area contributed by atoms with E-state index in [0.29, 0.717) is 0 Å². The number of rotatable bonds is 7. The van der Waals surface area contributed by atoms with E-state index in [9.17, 15) is 4.79 Å². The highest BCUT2D eigenvalue weighted by Gasteiger charge is 2.16. The molecule has 2 unspecified atom stereocenters. The van der Waals surface area contributed by atoms with Gasteiger partial charge in [0.15, 0.2) is 0 Å². The van der Waals surface area contributed by atoms with Crippen molar-refractivity contribution in [3.05, 3.63) is 0 Å². The van der Waals surface area contributed by atoms with E-state index >= 15 is 0 Å². The van der Waals surface area contributed by atoms with Gasteiger partial charge in [-0.1, -0.05) is 45.4 Å². The van der Waals surface area contributed by atoms with Crippen LogP contribution >= 0.6 is 0 Å². The zero-order valence-corrected chi connectivity index (χ0v) is 11.4. The summed E-state index contributed by atoms with van der Waals surface area (Å²) in [7, 11) is 0. The van der Waals surface area contributed by atoms with Gasteiger partial charge in [-0.05, 0) is 19.3 Å². The number of hydrogen-bond donors (Lipinski definition) is 2. The highest BCUT2D eigenvalue weighted by atomic mass is 16.1. The summed E-state index contributed by atoms with van der Waals surface area (Å²) in [5.41, 5.74) is 5.69. The lowest BCUT2D eigenvalue weighted by Gasteiger charge is -2.15. The van der Waals surface area contributed by atoms with Crippen LogP contribution in [0.4, 0.5) is 0 Å². The molecule has 1 fully saturated rings. The SMILES string of the molecule is CC(N)C(C)C(=O)NCCCCC1CCCC1. The van der Waals surface area contributed by atoms with E-state index in [1.165, 1.54) is 38.5 Å². The number of unbranched alkanes of at least 4 members (excludes halogenated alkanes) is 1. The van der Waals surface area contributed by atoms with Crippen molar-refractivity contribution in [2.45, 2.75) is 64.8 Å². The fourth-order valence-electron chi connectivity index (χ4n) is 2.47. The molecule has 0 bridgehead atoms. The van der Waals surface area contributed by atoms with Gasteiger partial charge in [-0.15, -0.1) is 0 Å². The van der Waals surface area contributed by atoms with Gasteiger partial charge in [0.2, 0.25) is 5.91 Å². The highest BCUT2D eigenvalue weighted by Crippen LogP contribution is 2.28. The lowest BCUT2D eigenvalue weighted by Crippen LogP contribution is -2.38. The van der Waals surface area contributed by atoms with Crippen LogP contribution in [0.3, 0.4) is 0 Å². The molecule has 0 saturated heterocycles. The van der Waals surface area contributed by atoms with E-state index in [1.54, 1.807) is 0 Å². The maximum atomic E-state index is 11.6. The average Bonchev–Trinajstić information content (AvgIpc) is 2.80. The Morgan fingerprint density at radius 1 is 1.29 bits per heavy atom. The molecule has 1 aliphatic rings. The van der Waals surface area contributed by atoms with Crippen LogP contribution in [0.2, 0.25) is 0 Å². The van der Waals surface area contributed by atoms with Gasteiger partial charge >= 0.3 is 0 Å². The van der Waals surface area contributed by atoms with Gasteiger partial charge in [-0.2, -0.15) is 0 Å². The summed E-state index contributed by atoms with van der Waals surface area (Å²) in [6.45, 7) is 4.57. The first-order valence-corrected chi connectivity index (χ1v) is 7.14. The molecule has 100 valence electrons. The summed E-state index contributed by atoms with van der Waals surface area (Å²) in [4.78, 5) is 11.6. The topological polar surface area (TPSA) is 55.1 Å². The number of hydrogen-bond acceptors (Lipinski definition) is 2. The van der Waals surface area contributed by atoms with Crippen LogP contribution in [-0.2, 0) is 4.79 Å². The predicted molar refractivity (Wildman–Crippen MR) is 71.6 cm³/mol. The van der Waals surface area contributed by atoms with E-state index < -0.39 is 0 Å². The highest BCUT2D eigenvalue weighted by molar-refractivity contribution is 5.78. The number of amides is 1. The van der Waals surface area contributed by atoms with Crippen molar-refractivity contribution in [3.63, 3.8) is 0 Å². The maximum absolute atomic E-state index is 11.6. The Bertz CT molecular complexity index is 222. The van der Waals surface area contributed by atoms with Gasteiger partial charge in [0.25, 0.3) is 0 Å². The molecule has 0 heterocycles. The van der Waals surface area contributed by atoms with Crippen molar-refractivity contribution in [1.82, 2.24) is 5.32 Å². The standard InChI is InChI=1S/C14H28N2O/c1-11(12(2)15)14(17)16-10-6-5-9-13-7-3-4-8-13/h11-13H,3-10,15H2,1-2H3,(H,16,17). The van der Waals surface area contributed by atoms with Gasteiger partial charge in [-0.25, -0.2) is 0 Å². The minimum atomic E-state index is -0.0789. The quantitative estimate of drug-likeness (QED) is 0.672. The minimum Gasteiger partial charge on any atom is -0.356 e. The van der Waals surface area contributed by atoms with Crippen LogP contribution in [-0.4, -0.2) is 18.5 Å². The Hall–Kier alpha value is -0.570. The van der Waals surface area contributed by atoms with Gasteiger partial charge in [0.1, 0.15) is 0 Å². The number of carbonyl (C=O) groups is 1. The molecule has 0 aromatic heterocycles. The molecule has 1 saturated carbocycles. The molecule has 3 heteroatoms. The summed E-state index contributed by atoms with van der Waals surface area (Å²) < 4.78 is 0. The van der Waals surface area contributed by atoms with Crippen molar-refractivity contribution in [2.75, 3.05) is 6.54 Å². The molecule has 1 amide bonds. The van der Waals surface area contributed by atoms with Gasteiger partial charge in [0.05, 0.1) is 0 Å². The fraction of sp³-hybridized carbons (Fsp3) is 0.929. The van der Waals surface area contributed by atoms with Crippen molar-refractivity contribution in [1.29, 1.82) is 0 Å². The molecule has 0 spiro atoms. The molecule has 2 atom stereocenters. The van der Waals surface area contributed by atoms with E-state index in [4.69, 9.17) is 5.73 Å².